The zero-order valence-corrected chi connectivity index (χ0v) is 17.7. The van der Waals surface area contributed by atoms with Crippen LogP contribution in [0.1, 0.15) is 33.2 Å². The molecule has 152 valence electrons. The molecule has 0 aromatic heterocycles. The standard InChI is InChI=1S/C23H19BrN2O4/c1-15-6-5-9-17(12-15)23(29)30-20-11-10-19(24)13-18(20)14-25-26-22(28)21(27)16-7-3-2-4-8-16/h2-14,21,27H,1H3,(H,26,28)/b25-14+. The zero-order valence-electron chi connectivity index (χ0n) is 16.1. The summed E-state index contributed by atoms with van der Waals surface area (Å²) < 4.78 is 6.25. The molecule has 0 radical (unpaired) electrons. The highest BCUT2D eigenvalue weighted by Gasteiger charge is 2.16. The van der Waals surface area contributed by atoms with E-state index in [4.69, 9.17) is 4.74 Å². The maximum Gasteiger partial charge on any atom is 0.343 e. The van der Waals surface area contributed by atoms with Gasteiger partial charge in [0.25, 0.3) is 5.91 Å². The van der Waals surface area contributed by atoms with Gasteiger partial charge in [-0.15, -0.1) is 0 Å². The van der Waals surface area contributed by atoms with Crippen molar-refractivity contribution in [3.05, 3.63) is 99.5 Å². The number of aliphatic hydroxyl groups excluding tert-OH is 1. The molecule has 3 aromatic rings. The molecule has 0 aliphatic carbocycles. The number of hydrogen-bond donors (Lipinski definition) is 2. The van der Waals surface area contributed by atoms with E-state index in [-0.39, 0.29) is 5.75 Å². The number of carbonyl (C=O) groups is 2. The van der Waals surface area contributed by atoms with Crippen molar-refractivity contribution in [3.8, 4) is 5.75 Å². The number of esters is 1. The summed E-state index contributed by atoms with van der Waals surface area (Å²) in [6.07, 6.45) is 0.00338. The summed E-state index contributed by atoms with van der Waals surface area (Å²) in [5.41, 5.74) is 4.60. The molecule has 0 fully saturated rings. The molecule has 1 atom stereocenters. The molecular weight excluding hydrogens is 448 g/mol. The van der Waals surface area contributed by atoms with Crippen LogP contribution >= 0.6 is 15.9 Å². The summed E-state index contributed by atoms with van der Waals surface area (Å²) in [6, 6.07) is 20.7. The third-order valence-electron chi connectivity index (χ3n) is 4.17. The summed E-state index contributed by atoms with van der Waals surface area (Å²) in [7, 11) is 0. The van der Waals surface area contributed by atoms with Gasteiger partial charge < -0.3 is 9.84 Å². The molecule has 0 heterocycles. The van der Waals surface area contributed by atoms with Crippen molar-refractivity contribution >= 4 is 34.0 Å². The Balaban J connectivity index is 1.72. The second kappa shape index (κ2) is 9.96. The Morgan fingerprint density at radius 3 is 2.57 bits per heavy atom. The average Bonchev–Trinajstić information content (AvgIpc) is 2.75. The van der Waals surface area contributed by atoms with Gasteiger partial charge in [0, 0.05) is 10.0 Å². The van der Waals surface area contributed by atoms with Gasteiger partial charge in [0.15, 0.2) is 6.10 Å². The fraction of sp³-hybridized carbons (Fsp3) is 0.0870. The number of hydrogen-bond acceptors (Lipinski definition) is 5. The second-order valence-corrected chi connectivity index (χ2v) is 7.40. The Labute approximate surface area is 182 Å². The predicted octanol–water partition coefficient (Wildman–Crippen LogP) is 4.16. The average molecular weight is 467 g/mol. The van der Waals surface area contributed by atoms with Crippen LogP contribution in [-0.4, -0.2) is 23.2 Å². The van der Waals surface area contributed by atoms with Crippen molar-refractivity contribution in [3.63, 3.8) is 0 Å². The van der Waals surface area contributed by atoms with E-state index in [0.29, 0.717) is 16.7 Å². The van der Waals surface area contributed by atoms with Crippen LogP contribution in [0, 0.1) is 6.92 Å². The number of aliphatic hydroxyl groups is 1. The Bertz CT molecular complexity index is 1080. The lowest BCUT2D eigenvalue weighted by Crippen LogP contribution is -2.25. The van der Waals surface area contributed by atoms with Crippen LogP contribution in [0.25, 0.3) is 0 Å². The van der Waals surface area contributed by atoms with Gasteiger partial charge >= 0.3 is 5.97 Å². The Morgan fingerprint density at radius 2 is 1.83 bits per heavy atom. The van der Waals surface area contributed by atoms with Crippen LogP contribution in [0.4, 0.5) is 0 Å². The zero-order chi connectivity index (χ0) is 21.5. The predicted molar refractivity (Wildman–Crippen MR) is 117 cm³/mol. The molecule has 0 bridgehead atoms. The van der Waals surface area contributed by atoms with Crippen LogP contribution in [0.5, 0.6) is 5.75 Å². The van der Waals surface area contributed by atoms with Crippen LogP contribution in [0.15, 0.2) is 82.4 Å². The number of rotatable bonds is 6. The molecule has 0 spiro atoms. The van der Waals surface area contributed by atoms with Gasteiger partial charge in [-0.2, -0.15) is 5.10 Å². The number of benzene rings is 3. The molecule has 3 aromatic carbocycles. The summed E-state index contributed by atoms with van der Waals surface area (Å²) in [5, 5.41) is 14.0. The molecule has 6 nitrogen and oxygen atoms in total. The van der Waals surface area contributed by atoms with Gasteiger partial charge in [-0.05, 0) is 42.8 Å². The van der Waals surface area contributed by atoms with Crippen LogP contribution in [0.3, 0.4) is 0 Å². The summed E-state index contributed by atoms with van der Waals surface area (Å²) in [4.78, 5) is 24.6. The lowest BCUT2D eigenvalue weighted by Gasteiger charge is -2.10. The van der Waals surface area contributed by atoms with E-state index in [1.165, 1.54) is 6.21 Å². The van der Waals surface area contributed by atoms with Gasteiger partial charge in [-0.1, -0.05) is 64.0 Å². The van der Waals surface area contributed by atoms with Crippen molar-refractivity contribution < 1.29 is 19.4 Å². The van der Waals surface area contributed by atoms with Crippen LogP contribution in [0.2, 0.25) is 0 Å². The van der Waals surface area contributed by atoms with Gasteiger partial charge in [0.05, 0.1) is 11.8 Å². The monoisotopic (exact) mass is 466 g/mol. The number of nitrogens with zero attached hydrogens (tertiary/aromatic N) is 1. The van der Waals surface area contributed by atoms with E-state index in [1.54, 1.807) is 66.7 Å². The van der Waals surface area contributed by atoms with Gasteiger partial charge in [-0.3, -0.25) is 4.79 Å². The maximum atomic E-state index is 12.5. The minimum absolute atomic E-state index is 0.284. The molecule has 0 saturated carbocycles. The minimum atomic E-state index is -1.34. The first-order valence-electron chi connectivity index (χ1n) is 9.08. The van der Waals surface area contributed by atoms with Crippen molar-refractivity contribution in [1.29, 1.82) is 0 Å². The fourth-order valence-electron chi connectivity index (χ4n) is 2.66. The number of amides is 1. The highest BCUT2D eigenvalue weighted by Crippen LogP contribution is 2.23. The molecule has 0 aliphatic heterocycles. The molecule has 1 unspecified atom stereocenters. The first-order chi connectivity index (χ1) is 14.4. The first kappa shape index (κ1) is 21.4. The Morgan fingerprint density at radius 1 is 1.07 bits per heavy atom. The second-order valence-electron chi connectivity index (χ2n) is 6.49. The molecule has 0 aliphatic rings. The molecule has 1 amide bonds. The molecule has 3 rings (SSSR count). The Hall–Kier alpha value is -3.29. The molecule has 30 heavy (non-hydrogen) atoms. The van der Waals surface area contributed by atoms with Gasteiger partial charge in [0.2, 0.25) is 0 Å². The highest BCUT2D eigenvalue weighted by atomic mass is 79.9. The fourth-order valence-corrected chi connectivity index (χ4v) is 3.04. The van der Waals surface area contributed by atoms with Crippen LogP contribution in [-0.2, 0) is 4.79 Å². The third-order valence-corrected chi connectivity index (χ3v) is 4.66. The van der Waals surface area contributed by atoms with Crippen molar-refractivity contribution in [2.45, 2.75) is 13.0 Å². The maximum absolute atomic E-state index is 12.5. The topological polar surface area (TPSA) is 88.0 Å². The number of carbonyl (C=O) groups excluding carboxylic acids is 2. The Kier molecular flexibility index (Phi) is 7.11. The lowest BCUT2D eigenvalue weighted by atomic mass is 10.1. The first-order valence-corrected chi connectivity index (χ1v) is 9.87. The van der Waals surface area contributed by atoms with E-state index in [1.807, 2.05) is 13.0 Å². The van der Waals surface area contributed by atoms with Crippen molar-refractivity contribution in [1.82, 2.24) is 5.43 Å². The van der Waals surface area contributed by atoms with E-state index < -0.39 is 18.0 Å². The largest absolute Gasteiger partial charge is 0.422 e. The highest BCUT2D eigenvalue weighted by molar-refractivity contribution is 9.10. The summed E-state index contributed by atoms with van der Waals surface area (Å²) in [5.74, 6) is -0.892. The third kappa shape index (κ3) is 5.62. The molecule has 7 heteroatoms. The van der Waals surface area contributed by atoms with E-state index in [9.17, 15) is 14.7 Å². The quantitative estimate of drug-likeness (QED) is 0.247. The molecular formula is C23H19BrN2O4. The minimum Gasteiger partial charge on any atom is -0.422 e. The van der Waals surface area contributed by atoms with Gasteiger partial charge in [-0.25, -0.2) is 10.2 Å². The smallest absolute Gasteiger partial charge is 0.343 e. The lowest BCUT2D eigenvalue weighted by molar-refractivity contribution is -0.129. The summed E-state index contributed by atoms with van der Waals surface area (Å²) >= 11 is 3.36. The van der Waals surface area contributed by atoms with Crippen molar-refractivity contribution in [2.24, 2.45) is 5.10 Å². The number of aryl methyl sites for hydroxylation is 1. The number of hydrazone groups is 1. The normalized spacial score (nSPS) is 11.8. The number of nitrogens with one attached hydrogen (secondary N) is 1. The molecule has 2 N–H and O–H groups in total. The molecule has 0 saturated heterocycles. The van der Waals surface area contributed by atoms with Crippen molar-refractivity contribution in [2.75, 3.05) is 0 Å². The van der Waals surface area contributed by atoms with E-state index >= 15 is 0 Å². The number of halogens is 1. The van der Waals surface area contributed by atoms with E-state index in [0.717, 1.165) is 10.0 Å². The van der Waals surface area contributed by atoms with Gasteiger partial charge in [0.1, 0.15) is 5.75 Å². The van der Waals surface area contributed by atoms with Crippen LogP contribution < -0.4 is 10.2 Å². The number of ether oxygens (including phenoxy) is 1. The van der Waals surface area contributed by atoms with E-state index in [2.05, 4.69) is 26.5 Å². The summed E-state index contributed by atoms with van der Waals surface area (Å²) in [6.45, 7) is 1.89. The SMILES string of the molecule is Cc1cccc(C(=O)Oc2ccc(Br)cc2/C=N/NC(=O)C(O)c2ccccc2)c1.